The molecule has 0 aromatic heterocycles. The van der Waals surface area contributed by atoms with E-state index >= 15 is 0 Å². The molecule has 2 aromatic carbocycles. The molecule has 2 aromatic rings. The molecule has 6 nitrogen and oxygen atoms in total. The average molecular weight is 468 g/mol. The van der Waals surface area contributed by atoms with Gasteiger partial charge in [0.05, 0.1) is 0 Å². The standard InChI is InChI=1S/C28H41N3O3/c1-5-18-31(19-6-2)28(33)26(29-27(32)24-12-10-9-11-13-24)22-23-14-16-25(17-15-23)34-21-20-30(7-3)8-4/h9-17,26H,5-8,18-22H2,1-4H3,(H,29,32)/t26-/m1/s1. The SMILES string of the molecule is CCCN(CCC)C(=O)[C@@H](Cc1ccc(OCCN(CC)CC)cc1)NC(=O)c1ccccc1. The molecule has 0 aliphatic heterocycles. The second kappa shape index (κ2) is 15.1. The molecular weight excluding hydrogens is 426 g/mol. The molecule has 0 saturated carbocycles. The maximum atomic E-state index is 13.4. The Morgan fingerprint density at radius 1 is 0.853 bits per heavy atom. The van der Waals surface area contributed by atoms with Crippen molar-refractivity contribution in [3.8, 4) is 5.75 Å². The Kier molecular flexibility index (Phi) is 12.2. The number of rotatable bonds is 15. The maximum Gasteiger partial charge on any atom is 0.251 e. The zero-order valence-electron chi connectivity index (χ0n) is 21.3. The first-order chi connectivity index (χ1) is 16.5. The van der Waals surface area contributed by atoms with Gasteiger partial charge in [-0.3, -0.25) is 9.59 Å². The molecule has 0 aliphatic carbocycles. The lowest BCUT2D eigenvalue weighted by molar-refractivity contribution is -0.133. The first kappa shape index (κ1) is 27.4. The molecular formula is C28H41N3O3. The fraction of sp³-hybridized carbons (Fsp3) is 0.500. The number of benzene rings is 2. The highest BCUT2D eigenvalue weighted by atomic mass is 16.5. The zero-order valence-corrected chi connectivity index (χ0v) is 21.3. The number of amides is 2. The molecule has 2 amide bonds. The third kappa shape index (κ3) is 8.82. The maximum absolute atomic E-state index is 13.4. The van der Waals surface area contributed by atoms with E-state index in [1.165, 1.54) is 0 Å². The lowest BCUT2D eigenvalue weighted by atomic mass is 10.0. The van der Waals surface area contributed by atoms with E-state index in [9.17, 15) is 9.59 Å². The van der Waals surface area contributed by atoms with Gasteiger partial charge in [-0.25, -0.2) is 0 Å². The van der Waals surface area contributed by atoms with Gasteiger partial charge in [0, 0.05) is 31.6 Å². The minimum Gasteiger partial charge on any atom is -0.492 e. The monoisotopic (exact) mass is 467 g/mol. The molecule has 0 aliphatic rings. The van der Waals surface area contributed by atoms with Gasteiger partial charge in [-0.1, -0.05) is 58.0 Å². The van der Waals surface area contributed by atoms with Crippen molar-refractivity contribution in [2.75, 3.05) is 39.3 Å². The molecule has 0 spiro atoms. The van der Waals surface area contributed by atoms with E-state index < -0.39 is 6.04 Å². The fourth-order valence-electron chi connectivity index (χ4n) is 3.91. The van der Waals surface area contributed by atoms with E-state index in [1.807, 2.05) is 47.4 Å². The molecule has 1 N–H and O–H groups in total. The van der Waals surface area contributed by atoms with E-state index in [4.69, 9.17) is 4.74 Å². The van der Waals surface area contributed by atoms with E-state index in [1.54, 1.807) is 12.1 Å². The number of nitrogens with zero attached hydrogens (tertiary/aromatic N) is 2. The lowest BCUT2D eigenvalue weighted by Crippen LogP contribution is -2.50. The molecule has 186 valence electrons. The fourth-order valence-corrected chi connectivity index (χ4v) is 3.91. The molecule has 34 heavy (non-hydrogen) atoms. The van der Waals surface area contributed by atoms with Crippen LogP contribution in [0.3, 0.4) is 0 Å². The number of nitrogens with one attached hydrogen (secondary N) is 1. The topological polar surface area (TPSA) is 61.9 Å². The van der Waals surface area contributed by atoms with E-state index in [0.717, 1.165) is 43.8 Å². The molecule has 0 heterocycles. The Bertz CT molecular complexity index is 845. The quantitative estimate of drug-likeness (QED) is 0.422. The second-order valence-electron chi connectivity index (χ2n) is 8.44. The van der Waals surface area contributed by atoms with Crippen LogP contribution in [0, 0.1) is 0 Å². The largest absolute Gasteiger partial charge is 0.492 e. The predicted octanol–water partition coefficient (Wildman–Crippen LogP) is 4.40. The van der Waals surface area contributed by atoms with Crippen LogP contribution in [0.5, 0.6) is 5.75 Å². The third-order valence-electron chi connectivity index (χ3n) is 5.87. The van der Waals surface area contributed by atoms with E-state index in [0.29, 0.717) is 31.7 Å². The summed E-state index contributed by atoms with van der Waals surface area (Å²) >= 11 is 0. The summed E-state index contributed by atoms with van der Waals surface area (Å²) in [6.45, 7) is 13.3. The molecule has 0 saturated heterocycles. The van der Waals surface area contributed by atoms with Crippen LogP contribution in [-0.4, -0.2) is 67.0 Å². The van der Waals surface area contributed by atoms with Crippen molar-refractivity contribution in [2.45, 2.75) is 53.0 Å². The molecule has 0 fully saturated rings. The summed E-state index contributed by atoms with van der Waals surface area (Å²) in [5.74, 6) is 0.543. The highest BCUT2D eigenvalue weighted by Crippen LogP contribution is 2.15. The first-order valence-corrected chi connectivity index (χ1v) is 12.6. The van der Waals surface area contributed by atoms with E-state index in [2.05, 4.69) is 37.9 Å². The number of hydrogen-bond donors (Lipinski definition) is 1. The van der Waals surface area contributed by atoms with Gasteiger partial charge in [0.25, 0.3) is 5.91 Å². The number of carbonyl (C=O) groups is 2. The van der Waals surface area contributed by atoms with Gasteiger partial charge in [0.15, 0.2) is 0 Å². The Hall–Kier alpha value is -2.86. The summed E-state index contributed by atoms with van der Waals surface area (Å²) in [6.07, 6.45) is 2.19. The normalized spacial score (nSPS) is 11.8. The van der Waals surface area contributed by atoms with Crippen LogP contribution in [0.2, 0.25) is 0 Å². The first-order valence-electron chi connectivity index (χ1n) is 12.6. The third-order valence-corrected chi connectivity index (χ3v) is 5.87. The average Bonchev–Trinajstić information content (AvgIpc) is 2.87. The van der Waals surface area contributed by atoms with Crippen molar-refractivity contribution in [3.05, 3.63) is 65.7 Å². The van der Waals surface area contributed by atoms with Crippen LogP contribution in [-0.2, 0) is 11.2 Å². The Labute approximate surface area is 205 Å². The highest BCUT2D eigenvalue weighted by molar-refractivity contribution is 5.97. The summed E-state index contributed by atoms with van der Waals surface area (Å²) in [5.41, 5.74) is 1.53. The van der Waals surface area contributed by atoms with Gasteiger partial charge in [0.1, 0.15) is 18.4 Å². The van der Waals surface area contributed by atoms with Crippen LogP contribution in [0.15, 0.2) is 54.6 Å². The van der Waals surface area contributed by atoms with Gasteiger partial charge < -0.3 is 19.9 Å². The van der Waals surface area contributed by atoms with Crippen molar-refractivity contribution in [1.82, 2.24) is 15.1 Å². The van der Waals surface area contributed by atoms with Gasteiger partial charge in [-0.05, 0) is 55.8 Å². The van der Waals surface area contributed by atoms with Crippen molar-refractivity contribution in [3.63, 3.8) is 0 Å². The Morgan fingerprint density at radius 2 is 1.47 bits per heavy atom. The summed E-state index contributed by atoms with van der Waals surface area (Å²) in [7, 11) is 0. The van der Waals surface area contributed by atoms with Crippen LogP contribution in [0.1, 0.15) is 56.5 Å². The smallest absolute Gasteiger partial charge is 0.251 e. The number of hydrogen-bond acceptors (Lipinski definition) is 4. The van der Waals surface area contributed by atoms with Crippen molar-refractivity contribution < 1.29 is 14.3 Å². The van der Waals surface area contributed by atoms with Gasteiger partial charge in [-0.15, -0.1) is 0 Å². The number of likely N-dealkylation sites (N-methyl/N-ethyl adjacent to an activating group) is 1. The van der Waals surface area contributed by atoms with Crippen LogP contribution < -0.4 is 10.1 Å². The van der Waals surface area contributed by atoms with Gasteiger partial charge in [0.2, 0.25) is 5.91 Å². The van der Waals surface area contributed by atoms with Gasteiger partial charge in [-0.2, -0.15) is 0 Å². The summed E-state index contributed by atoms with van der Waals surface area (Å²) in [6, 6.07) is 16.2. The van der Waals surface area contributed by atoms with Crippen LogP contribution in [0.4, 0.5) is 0 Å². The molecule has 2 rings (SSSR count). The van der Waals surface area contributed by atoms with Crippen molar-refractivity contribution in [1.29, 1.82) is 0 Å². The Balaban J connectivity index is 2.10. The highest BCUT2D eigenvalue weighted by Gasteiger charge is 2.26. The van der Waals surface area contributed by atoms with Crippen molar-refractivity contribution in [2.24, 2.45) is 0 Å². The van der Waals surface area contributed by atoms with Crippen LogP contribution in [0.25, 0.3) is 0 Å². The summed E-state index contributed by atoms with van der Waals surface area (Å²) < 4.78 is 5.89. The van der Waals surface area contributed by atoms with Crippen molar-refractivity contribution >= 4 is 11.8 Å². The van der Waals surface area contributed by atoms with Gasteiger partial charge >= 0.3 is 0 Å². The van der Waals surface area contributed by atoms with E-state index in [-0.39, 0.29) is 11.8 Å². The second-order valence-corrected chi connectivity index (χ2v) is 8.44. The molecule has 0 unspecified atom stereocenters. The molecule has 1 atom stereocenters. The summed E-state index contributed by atoms with van der Waals surface area (Å²) in [4.78, 5) is 30.4. The summed E-state index contributed by atoms with van der Waals surface area (Å²) in [5, 5.41) is 2.99. The molecule has 0 bridgehead atoms. The predicted molar refractivity (Wildman–Crippen MR) is 138 cm³/mol. The minimum atomic E-state index is -0.625. The molecule has 0 radical (unpaired) electrons. The zero-order chi connectivity index (χ0) is 24.8. The lowest BCUT2D eigenvalue weighted by Gasteiger charge is -2.27. The van der Waals surface area contributed by atoms with Crippen LogP contribution >= 0.6 is 0 Å². The Morgan fingerprint density at radius 3 is 2.03 bits per heavy atom. The number of carbonyl (C=O) groups excluding carboxylic acids is 2. The number of ether oxygens (including phenoxy) is 1. The minimum absolute atomic E-state index is 0.0347. The molecule has 6 heteroatoms.